The number of carbonyl (C=O) groups excluding carboxylic acids is 4. The number of aromatic hydroxyl groups is 1. The van der Waals surface area contributed by atoms with E-state index in [1.54, 1.807) is 12.1 Å². The minimum absolute atomic E-state index is 0.122. The van der Waals surface area contributed by atoms with Crippen LogP contribution in [0.5, 0.6) is 5.75 Å². The van der Waals surface area contributed by atoms with Gasteiger partial charge in [0.2, 0.25) is 23.6 Å². The Morgan fingerprint density at radius 2 is 1.64 bits per heavy atom. The summed E-state index contributed by atoms with van der Waals surface area (Å²) in [6.45, 7) is 2.36. The van der Waals surface area contributed by atoms with Crippen molar-refractivity contribution in [1.82, 2.24) is 15.5 Å². The molecule has 2 aromatic carbocycles. The highest BCUT2D eigenvalue weighted by atomic mass is 16.3. The number of likely N-dealkylation sites (tertiary alicyclic amines) is 1. The Labute approximate surface area is 229 Å². The molecule has 0 spiro atoms. The lowest BCUT2D eigenvalue weighted by atomic mass is 10.0. The number of phenols is 1. The molecule has 1 aliphatic rings. The van der Waals surface area contributed by atoms with Crippen molar-refractivity contribution in [2.75, 3.05) is 6.54 Å². The van der Waals surface area contributed by atoms with Gasteiger partial charge in [-0.15, -0.1) is 0 Å². The van der Waals surface area contributed by atoms with Gasteiger partial charge in [-0.1, -0.05) is 62.2 Å². The molecule has 39 heavy (non-hydrogen) atoms. The number of unbranched alkanes of at least 4 members (excludes halogenated alkanes) is 1. The number of primary amides is 1. The minimum Gasteiger partial charge on any atom is -0.508 e. The topological polar surface area (TPSA) is 168 Å². The average Bonchev–Trinajstić information content (AvgIpc) is 3.42. The van der Waals surface area contributed by atoms with Crippen LogP contribution >= 0.6 is 0 Å². The quantitative estimate of drug-likeness (QED) is 0.257. The van der Waals surface area contributed by atoms with Crippen LogP contribution in [0, 0.1) is 0 Å². The largest absolute Gasteiger partial charge is 0.508 e. The zero-order chi connectivity index (χ0) is 28.4. The predicted octanol–water partition coefficient (Wildman–Crippen LogP) is 1.14. The summed E-state index contributed by atoms with van der Waals surface area (Å²) in [7, 11) is 0. The lowest BCUT2D eigenvalue weighted by molar-refractivity contribution is -0.140. The van der Waals surface area contributed by atoms with Crippen LogP contribution in [0.15, 0.2) is 54.6 Å². The van der Waals surface area contributed by atoms with Crippen molar-refractivity contribution in [1.29, 1.82) is 0 Å². The van der Waals surface area contributed by atoms with Crippen molar-refractivity contribution in [2.24, 2.45) is 11.5 Å². The van der Waals surface area contributed by atoms with Gasteiger partial charge in [0.05, 0.1) is 6.04 Å². The molecule has 0 aliphatic carbocycles. The summed E-state index contributed by atoms with van der Waals surface area (Å²) >= 11 is 0. The van der Waals surface area contributed by atoms with E-state index in [0.29, 0.717) is 32.2 Å². The number of amides is 4. The fourth-order valence-electron chi connectivity index (χ4n) is 4.78. The second kappa shape index (κ2) is 14.3. The van der Waals surface area contributed by atoms with E-state index in [1.807, 2.05) is 37.3 Å². The number of hydrogen-bond donors (Lipinski definition) is 5. The predicted molar refractivity (Wildman–Crippen MR) is 147 cm³/mol. The number of nitrogens with two attached hydrogens (primary N) is 2. The van der Waals surface area contributed by atoms with E-state index in [0.717, 1.165) is 17.5 Å². The normalized spacial score (nSPS) is 17.2. The zero-order valence-electron chi connectivity index (χ0n) is 22.3. The van der Waals surface area contributed by atoms with Crippen molar-refractivity contribution < 1.29 is 24.3 Å². The molecule has 1 heterocycles. The molecule has 4 atom stereocenters. The monoisotopic (exact) mass is 537 g/mol. The smallest absolute Gasteiger partial charge is 0.243 e. The third-order valence-electron chi connectivity index (χ3n) is 6.97. The second-order valence-corrected chi connectivity index (χ2v) is 10.0. The summed E-state index contributed by atoms with van der Waals surface area (Å²) in [6, 6.07) is 12.3. The molecular weight excluding hydrogens is 498 g/mol. The van der Waals surface area contributed by atoms with Crippen LogP contribution in [0.4, 0.5) is 0 Å². The van der Waals surface area contributed by atoms with Crippen molar-refractivity contribution in [2.45, 2.75) is 76.0 Å². The average molecular weight is 538 g/mol. The highest BCUT2D eigenvalue weighted by Crippen LogP contribution is 2.20. The number of phenolic OH excluding ortho intramolecular Hbond substituents is 1. The maximum atomic E-state index is 13.4. The lowest BCUT2D eigenvalue weighted by Gasteiger charge is -2.29. The van der Waals surface area contributed by atoms with E-state index < -0.39 is 41.9 Å². The van der Waals surface area contributed by atoms with Crippen LogP contribution in [0.2, 0.25) is 0 Å². The fourth-order valence-corrected chi connectivity index (χ4v) is 4.78. The zero-order valence-corrected chi connectivity index (χ0v) is 22.3. The van der Waals surface area contributed by atoms with E-state index >= 15 is 0 Å². The number of rotatable bonds is 13. The molecule has 1 aliphatic heterocycles. The van der Waals surface area contributed by atoms with E-state index in [4.69, 9.17) is 11.5 Å². The Hall–Kier alpha value is -3.92. The Bertz CT molecular complexity index is 1120. The van der Waals surface area contributed by atoms with Gasteiger partial charge in [0.1, 0.15) is 23.9 Å². The molecule has 0 saturated carbocycles. The van der Waals surface area contributed by atoms with Gasteiger partial charge < -0.3 is 32.1 Å². The highest BCUT2D eigenvalue weighted by molar-refractivity contribution is 5.95. The van der Waals surface area contributed by atoms with Crippen LogP contribution in [-0.4, -0.2) is 64.3 Å². The number of benzene rings is 2. The van der Waals surface area contributed by atoms with Crippen molar-refractivity contribution >= 4 is 23.6 Å². The molecule has 0 radical (unpaired) electrons. The second-order valence-electron chi connectivity index (χ2n) is 10.0. The van der Waals surface area contributed by atoms with E-state index in [-0.39, 0.29) is 24.5 Å². The van der Waals surface area contributed by atoms with E-state index in [1.165, 1.54) is 17.0 Å². The number of nitrogens with zero attached hydrogens (tertiary/aromatic N) is 1. The summed E-state index contributed by atoms with van der Waals surface area (Å²) in [4.78, 5) is 53.3. The van der Waals surface area contributed by atoms with Gasteiger partial charge in [-0.25, -0.2) is 0 Å². The molecule has 7 N–H and O–H groups in total. The molecule has 10 nitrogen and oxygen atoms in total. The Morgan fingerprint density at radius 1 is 0.974 bits per heavy atom. The van der Waals surface area contributed by atoms with Gasteiger partial charge in [0.25, 0.3) is 0 Å². The van der Waals surface area contributed by atoms with Crippen LogP contribution in [-0.2, 0) is 32.0 Å². The summed E-state index contributed by atoms with van der Waals surface area (Å²) in [5.74, 6) is -1.81. The van der Waals surface area contributed by atoms with E-state index in [9.17, 15) is 24.3 Å². The summed E-state index contributed by atoms with van der Waals surface area (Å²) in [5, 5.41) is 15.0. The third kappa shape index (κ3) is 8.54. The molecule has 4 amide bonds. The van der Waals surface area contributed by atoms with Crippen LogP contribution < -0.4 is 22.1 Å². The number of nitrogens with one attached hydrogen (secondary N) is 2. The number of hydrogen-bond acceptors (Lipinski definition) is 6. The van der Waals surface area contributed by atoms with Gasteiger partial charge in [-0.05, 0) is 48.9 Å². The van der Waals surface area contributed by atoms with E-state index in [2.05, 4.69) is 10.6 Å². The van der Waals surface area contributed by atoms with Crippen molar-refractivity contribution in [3.05, 3.63) is 65.7 Å². The molecule has 2 aromatic rings. The molecule has 1 fully saturated rings. The standard InChI is InChI=1S/C29H39N5O5/c1-2-3-10-23(26(31)36)32-27(37)24(18-19-8-5-4-6-9-19)33-28(38)25-11-7-16-34(25)29(39)22(30)17-20-12-14-21(35)15-13-20/h4-6,8-9,12-15,22-25,35H,2-3,7,10-11,16-18,30H2,1H3,(H2,31,36)(H,32,37)(H,33,38)/t22-,23-,24-,25-/m0/s1. The third-order valence-corrected chi connectivity index (χ3v) is 6.97. The Kier molecular flexibility index (Phi) is 10.9. The summed E-state index contributed by atoms with van der Waals surface area (Å²) in [5.41, 5.74) is 13.3. The van der Waals surface area contributed by atoms with Crippen LogP contribution in [0.3, 0.4) is 0 Å². The molecule has 0 bridgehead atoms. The Balaban J connectivity index is 1.71. The SMILES string of the molecule is CCCC[C@H](NC(=O)[C@H](Cc1ccccc1)NC(=O)[C@@H]1CCCN1C(=O)[C@@H](N)Cc1ccc(O)cc1)C(N)=O. The fraction of sp³-hybridized carbons (Fsp3) is 0.448. The first-order chi connectivity index (χ1) is 18.7. The molecule has 210 valence electrons. The molecule has 1 saturated heterocycles. The highest BCUT2D eigenvalue weighted by Gasteiger charge is 2.38. The maximum absolute atomic E-state index is 13.4. The first-order valence-electron chi connectivity index (χ1n) is 13.5. The number of carbonyl (C=O) groups is 4. The first-order valence-corrected chi connectivity index (χ1v) is 13.5. The minimum atomic E-state index is -0.966. The molecule has 0 unspecified atom stereocenters. The van der Waals surface area contributed by atoms with Gasteiger partial charge in [0, 0.05) is 13.0 Å². The first kappa shape index (κ1) is 29.6. The van der Waals surface area contributed by atoms with Crippen LogP contribution in [0.25, 0.3) is 0 Å². The summed E-state index contributed by atoms with van der Waals surface area (Å²) < 4.78 is 0. The molecule has 0 aromatic heterocycles. The molecule has 10 heteroatoms. The van der Waals surface area contributed by atoms with Gasteiger partial charge >= 0.3 is 0 Å². The molecule has 3 rings (SSSR count). The van der Waals surface area contributed by atoms with Crippen molar-refractivity contribution in [3.8, 4) is 5.75 Å². The van der Waals surface area contributed by atoms with Gasteiger partial charge in [-0.2, -0.15) is 0 Å². The van der Waals surface area contributed by atoms with Crippen LogP contribution in [0.1, 0.15) is 50.2 Å². The Morgan fingerprint density at radius 3 is 2.28 bits per heavy atom. The maximum Gasteiger partial charge on any atom is 0.243 e. The van der Waals surface area contributed by atoms with Gasteiger partial charge in [0.15, 0.2) is 0 Å². The lowest BCUT2D eigenvalue weighted by Crippen LogP contribution is -2.57. The van der Waals surface area contributed by atoms with Gasteiger partial charge in [-0.3, -0.25) is 19.2 Å². The molecular formula is C29H39N5O5. The van der Waals surface area contributed by atoms with Crippen molar-refractivity contribution in [3.63, 3.8) is 0 Å². The summed E-state index contributed by atoms with van der Waals surface area (Å²) in [6.07, 6.45) is 3.51.